The number of carbonyl (C=O) groups excluding carboxylic acids is 2. The van der Waals surface area contributed by atoms with E-state index in [0.717, 1.165) is 0 Å². The first-order valence-corrected chi connectivity index (χ1v) is 8.53. The van der Waals surface area contributed by atoms with Crippen molar-refractivity contribution in [3.05, 3.63) is 70.3 Å². The Balaban J connectivity index is 2.18. The van der Waals surface area contributed by atoms with Gasteiger partial charge in [0.05, 0.1) is 11.4 Å². The Labute approximate surface area is 160 Å². The Kier molecular flexibility index (Phi) is 5.34. The number of rotatable bonds is 5. The molecule has 0 aliphatic carbocycles. The summed E-state index contributed by atoms with van der Waals surface area (Å²) in [7, 11) is 0. The molecule has 2 N–H and O–H groups in total. The molecule has 0 spiro atoms. The summed E-state index contributed by atoms with van der Waals surface area (Å²) in [5.41, 5.74) is 1.53. The SMILES string of the molecule is CC(=O)Nc1ccccc1C(=O)c1cc(Cl)ccc1-n1c(C)nnc1CO. The van der Waals surface area contributed by atoms with Crippen molar-refractivity contribution >= 4 is 29.0 Å². The molecule has 138 valence electrons. The Morgan fingerprint density at radius 3 is 2.59 bits per heavy atom. The van der Waals surface area contributed by atoms with E-state index in [-0.39, 0.29) is 18.3 Å². The summed E-state index contributed by atoms with van der Waals surface area (Å²) in [5, 5.41) is 20.5. The van der Waals surface area contributed by atoms with Gasteiger partial charge in [0, 0.05) is 23.1 Å². The second-order valence-electron chi connectivity index (χ2n) is 5.87. The minimum atomic E-state index is -0.334. The molecule has 1 heterocycles. The number of halogens is 1. The summed E-state index contributed by atoms with van der Waals surface area (Å²) >= 11 is 6.14. The normalized spacial score (nSPS) is 10.7. The van der Waals surface area contributed by atoms with Crippen LogP contribution in [0.5, 0.6) is 0 Å². The molecule has 0 unspecified atom stereocenters. The van der Waals surface area contributed by atoms with E-state index in [0.29, 0.717) is 39.2 Å². The van der Waals surface area contributed by atoms with E-state index in [2.05, 4.69) is 15.5 Å². The molecule has 2 aromatic carbocycles. The number of amides is 1. The topological polar surface area (TPSA) is 97.1 Å². The van der Waals surface area contributed by atoms with Crippen molar-refractivity contribution in [3.63, 3.8) is 0 Å². The predicted octanol–water partition coefficient (Wildman–Crippen LogP) is 2.91. The number of hydrogen-bond donors (Lipinski definition) is 2. The molecule has 27 heavy (non-hydrogen) atoms. The Bertz CT molecular complexity index is 1030. The molecular formula is C19H17ClN4O3. The molecule has 0 radical (unpaired) electrons. The quantitative estimate of drug-likeness (QED) is 0.659. The zero-order valence-corrected chi connectivity index (χ0v) is 15.5. The Morgan fingerprint density at radius 2 is 1.89 bits per heavy atom. The second-order valence-corrected chi connectivity index (χ2v) is 6.31. The average Bonchev–Trinajstić information content (AvgIpc) is 3.01. The molecule has 0 atom stereocenters. The number of benzene rings is 2. The van der Waals surface area contributed by atoms with Gasteiger partial charge in [-0.2, -0.15) is 0 Å². The maximum Gasteiger partial charge on any atom is 0.221 e. The third kappa shape index (κ3) is 3.74. The maximum absolute atomic E-state index is 13.3. The van der Waals surface area contributed by atoms with E-state index in [4.69, 9.17) is 11.6 Å². The van der Waals surface area contributed by atoms with Crippen LogP contribution in [0.1, 0.15) is 34.5 Å². The van der Waals surface area contributed by atoms with Gasteiger partial charge in [-0.25, -0.2) is 0 Å². The van der Waals surface area contributed by atoms with Crippen molar-refractivity contribution in [3.8, 4) is 5.69 Å². The van der Waals surface area contributed by atoms with Gasteiger partial charge in [-0.05, 0) is 37.3 Å². The predicted molar refractivity (Wildman–Crippen MR) is 101 cm³/mol. The highest BCUT2D eigenvalue weighted by Crippen LogP contribution is 2.27. The van der Waals surface area contributed by atoms with Crippen LogP contribution in [0.4, 0.5) is 5.69 Å². The van der Waals surface area contributed by atoms with Crippen LogP contribution in [0.25, 0.3) is 5.69 Å². The van der Waals surface area contributed by atoms with Crippen molar-refractivity contribution < 1.29 is 14.7 Å². The number of aliphatic hydroxyl groups excluding tert-OH is 1. The minimum absolute atomic E-state index is 0.279. The molecular weight excluding hydrogens is 368 g/mol. The molecule has 0 bridgehead atoms. The van der Waals surface area contributed by atoms with Crippen molar-refractivity contribution in [1.82, 2.24) is 14.8 Å². The van der Waals surface area contributed by atoms with Crippen LogP contribution in [0.3, 0.4) is 0 Å². The molecule has 0 fully saturated rings. The lowest BCUT2D eigenvalue weighted by Gasteiger charge is -2.15. The fourth-order valence-corrected chi connectivity index (χ4v) is 3.00. The number of aryl methyl sites for hydroxylation is 1. The third-order valence-electron chi connectivity index (χ3n) is 3.96. The van der Waals surface area contributed by atoms with Crippen LogP contribution in [0.15, 0.2) is 42.5 Å². The van der Waals surface area contributed by atoms with Crippen LogP contribution in [-0.2, 0) is 11.4 Å². The highest BCUT2D eigenvalue weighted by molar-refractivity contribution is 6.31. The largest absolute Gasteiger partial charge is 0.388 e. The number of nitrogens with zero attached hydrogens (tertiary/aromatic N) is 3. The fraction of sp³-hybridized carbons (Fsp3) is 0.158. The molecule has 0 aliphatic heterocycles. The highest BCUT2D eigenvalue weighted by atomic mass is 35.5. The summed E-state index contributed by atoms with van der Waals surface area (Å²) in [6.45, 7) is 2.76. The molecule has 3 aromatic rings. The smallest absolute Gasteiger partial charge is 0.221 e. The Hall–Kier alpha value is -3.03. The van der Waals surface area contributed by atoms with Crippen molar-refractivity contribution in [2.75, 3.05) is 5.32 Å². The number of aliphatic hydroxyl groups is 1. The van der Waals surface area contributed by atoms with Crippen LogP contribution in [0.2, 0.25) is 5.02 Å². The van der Waals surface area contributed by atoms with Gasteiger partial charge in [-0.15, -0.1) is 10.2 Å². The minimum Gasteiger partial charge on any atom is -0.388 e. The van der Waals surface area contributed by atoms with Crippen LogP contribution >= 0.6 is 11.6 Å². The average molecular weight is 385 g/mol. The van der Waals surface area contributed by atoms with E-state index in [1.165, 1.54) is 6.92 Å². The van der Waals surface area contributed by atoms with Gasteiger partial charge in [-0.1, -0.05) is 23.7 Å². The van der Waals surface area contributed by atoms with Gasteiger partial charge >= 0.3 is 0 Å². The van der Waals surface area contributed by atoms with Crippen molar-refractivity contribution in [1.29, 1.82) is 0 Å². The van der Waals surface area contributed by atoms with E-state index >= 15 is 0 Å². The number of ketones is 1. The molecule has 8 heteroatoms. The van der Waals surface area contributed by atoms with Gasteiger partial charge < -0.3 is 10.4 Å². The van der Waals surface area contributed by atoms with E-state index in [1.807, 2.05) is 0 Å². The molecule has 1 amide bonds. The van der Waals surface area contributed by atoms with Crippen LogP contribution in [-0.4, -0.2) is 31.6 Å². The zero-order valence-electron chi connectivity index (χ0n) is 14.7. The van der Waals surface area contributed by atoms with Gasteiger partial charge in [0.25, 0.3) is 0 Å². The first kappa shape index (κ1) is 18.8. The molecule has 0 saturated heterocycles. The van der Waals surface area contributed by atoms with E-state index in [1.54, 1.807) is 54.0 Å². The summed E-state index contributed by atoms with van der Waals surface area (Å²) in [4.78, 5) is 24.8. The van der Waals surface area contributed by atoms with E-state index < -0.39 is 0 Å². The lowest BCUT2D eigenvalue weighted by atomic mass is 9.99. The summed E-state index contributed by atoms with van der Waals surface area (Å²) in [6, 6.07) is 11.6. The van der Waals surface area contributed by atoms with Gasteiger partial charge in [0.15, 0.2) is 11.6 Å². The lowest BCUT2D eigenvalue weighted by Crippen LogP contribution is -2.14. The fourth-order valence-electron chi connectivity index (χ4n) is 2.83. The maximum atomic E-state index is 13.3. The number of hydrogen-bond acceptors (Lipinski definition) is 5. The van der Waals surface area contributed by atoms with Gasteiger partial charge in [0.1, 0.15) is 12.4 Å². The summed E-state index contributed by atoms with van der Waals surface area (Å²) in [5.74, 6) is 0.220. The number of aromatic nitrogens is 3. The monoisotopic (exact) mass is 384 g/mol. The van der Waals surface area contributed by atoms with Gasteiger partial charge in [-0.3, -0.25) is 14.2 Å². The van der Waals surface area contributed by atoms with Gasteiger partial charge in [0.2, 0.25) is 5.91 Å². The summed E-state index contributed by atoms with van der Waals surface area (Å²) in [6.07, 6.45) is 0. The molecule has 0 aliphatic rings. The lowest BCUT2D eigenvalue weighted by molar-refractivity contribution is -0.114. The van der Waals surface area contributed by atoms with E-state index in [9.17, 15) is 14.7 Å². The highest BCUT2D eigenvalue weighted by Gasteiger charge is 2.21. The molecule has 3 rings (SSSR count). The Morgan fingerprint density at radius 1 is 1.15 bits per heavy atom. The number of anilines is 1. The van der Waals surface area contributed by atoms with Crippen LogP contribution < -0.4 is 5.32 Å². The number of nitrogens with one attached hydrogen (secondary N) is 1. The molecule has 0 saturated carbocycles. The zero-order chi connectivity index (χ0) is 19.6. The number of para-hydroxylation sites is 1. The van der Waals surface area contributed by atoms with Crippen molar-refractivity contribution in [2.45, 2.75) is 20.5 Å². The summed E-state index contributed by atoms with van der Waals surface area (Å²) < 4.78 is 1.60. The second kappa shape index (κ2) is 7.69. The first-order chi connectivity index (χ1) is 12.9. The molecule has 1 aromatic heterocycles. The van der Waals surface area contributed by atoms with Crippen molar-refractivity contribution in [2.24, 2.45) is 0 Å². The first-order valence-electron chi connectivity index (χ1n) is 8.15. The molecule has 7 nitrogen and oxygen atoms in total. The third-order valence-corrected chi connectivity index (χ3v) is 4.19. The number of carbonyl (C=O) groups is 2. The standard InChI is InChI=1S/C19H17ClN4O3/c1-11-22-23-18(10-25)24(11)17-8-7-13(20)9-15(17)19(27)14-5-3-4-6-16(14)21-12(2)26/h3-9,25H,10H2,1-2H3,(H,21,26). The van der Waals surface area contributed by atoms with Crippen LogP contribution in [0, 0.1) is 6.92 Å².